The number of amides is 2. The van der Waals surface area contributed by atoms with Crippen LogP contribution in [0.3, 0.4) is 0 Å². The van der Waals surface area contributed by atoms with E-state index in [1.807, 2.05) is 0 Å². The van der Waals surface area contributed by atoms with Crippen molar-refractivity contribution in [1.82, 2.24) is 15.5 Å². The third-order valence-corrected chi connectivity index (χ3v) is 3.19. The summed E-state index contributed by atoms with van der Waals surface area (Å²) < 4.78 is 0. The standard InChI is InChI=1S/C12H23N3O2/c1-10(16)15(2)9-12(17)14-7-5-11-4-3-6-13-8-11/h11,13H,3-9H2,1-2H3,(H,14,17). The van der Waals surface area contributed by atoms with Gasteiger partial charge in [-0.2, -0.15) is 0 Å². The van der Waals surface area contributed by atoms with Crippen molar-refractivity contribution in [2.24, 2.45) is 5.92 Å². The van der Waals surface area contributed by atoms with Crippen LogP contribution in [0.5, 0.6) is 0 Å². The first-order chi connectivity index (χ1) is 8.09. The molecule has 1 unspecified atom stereocenters. The van der Waals surface area contributed by atoms with E-state index in [0.717, 1.165) is 19.5 Å². The lowest BCUT2D eigenvalue weighted by molar-refractivity contribution is -0.133. The first-order valence-electron chi connectivity index (χ1n) is 6.28. The van der Waals surface area contributed by atoms with Gasteiger partial charge in [0.25, 0.3) is 0 Å². The fourth-order valence-electron chi connectivity index (χ4n) is 1.97. The van der Waals surface area contributed by atoms with Crippen LogP contribution >= 0.6 is 0 Å². The van der Waals surface area contributed by atoms with Crippen molar-refractivity contribution in [3.63, 3.8) is 0 Å². The number of hydrogen-bond donors (Lipinski definition) is 2. The topological polar surface area (TPSA) is 61.4 Å². The average Bonchev–Trinajstić information content (AvgIpc) is 2.30. The van der Waals surface area contributed by atoms with Crippen LogP contribution < -0.4 is 10.6 Å². The Balaban J connectivity index is 2.09. The van der Waals surface area contributed by atoms with E-state index in [-0.39, 0.29) is 18.4 Å². The number of rotatable bonds is 5. The molecular weight excluding hydrogens is 218 g/mol. The van der Waals surface area contributed by atoms with Crippen LogP contribution in [0.1, 0.15) is 26.2 Å². The normalized spacial score (nSPS) is 19.8. The molecule has 1 rings (SSSR count). The fraction of sp³-hybridized carbons (Fsp3) is 0.833. The van der Waals surface area contributed by atoms with E-state index in [1.54, 1.807) is 7.05 Å². The van der Waals surface area contributed by atoms with Gasteiger partial charge in [-0.3, -0.25) is 9.59 Å². The number of likely N-dealkylation sites (N-methyl/N-ethyl adjacent to an activating group) is 1. The Morgan fingerprint density at radius 3 is 2.82 bits per heavy atom. The Morgan fingerprint density at radius 1 is 1.47 bits per heavy atom. The summed E-state index contributed by atoms with van der Waals surface area (Å²) in [5.74, 6) is 0.512. The maximum atomic E-state index is 11.5. The van der Waals surface area contributed by atoms with Crippen LogP contribution in [0, 0.1) is 5.92 Å². The highest BCUT2D eigenvalue weighted by Gasteiger charge is 2.13. The van der Waals surface area contributed by atoms with E-state index in [2.05, 4.69) is 10.6 Å². The summed E-state index contributed by atoms with van der Waals surface area (Å²) >= 11 is 0. The van der Waals surface area contributed by atoms with Crippen molar-refractivity contribution in [2.75, 3.05) is 33.2 Å². The Hall–Kier alpha value is -1.10. The molecule has 0 spiro atoms. The molecule has 1 aliphatic rings. The van der Waals surface area contributed by atoms with E-state index in [9.17, 15) is 9.59 Å². The van der Waals surface area contributed by atoms with Crippen molar-refractivity contribution < 1.29 is 9.59 Å². The molecule has 1 aliphatic heterocycles. The summed E-state index contributed by atoms with van der Waals surface area (Å²) in [6, 6.07) is 0. The van der Waals surface area contributed by atoms with Gasteiger partial charge in [0.1, 0.15) is 0 Å². The van der Waals surface area contributed by atoms with Crippen LogP contribution in [0.25, 0.3) is 0 Å². The van der Waals surface area contributed by atoms with Gasteiger partial charge < -0.3 is 15.5 Å². The zero-order valence-electron chi connectivity index (χ0n) is 10.8. The molecule has 0 radical (unpaired) electrons. The molecule has 1 saturated heterocycles. The first-order valence-corrected chi connectivity index (χ1v) is 6.28. The summed E-state index contributed by atoms with van der Waals surface area (Å²) in [6.07, 6.45) is 3.49. The molecule has 2 amide bonds. The van der Waals surface area contributed by atoms with E-state index in [1.165, 1.54) is 24.7 Å². The van der Waals surface area contributed by atoms with Gasteiger partial charge in [0.2, 0.25) is 11.8 Å². The van der Waals surface area contributed by atoms with Gasteiger partial charge in [-0.15, -0.1) is 0 Å². The zero-order valence-corrected chi connectivity index (χ0v) is 10.8. The molecule has 0 aromatic heterocycles. The second-order valence-electron chi connectivity index (χ2n) is 4.73. The molecule has 0 aromatic rings. The zero-order chi connectivity index (χ0) is 12.7. The van der Waals surface area contributed by atoms with Gasteiger partial charge in [0.05, 0.1) is 6.54 Å². The highest BCUT2D eigenvalue weighted by Crippen LogP contribution is 2.12. The average molecular weight is 241 g/mol. The molecule has 0 bridgehead atoms. The minimum absolute atomic E-state index is 0.0773. The predicted octanol–water partition coefficient (Wildman–Crippen LogP) is -0.0294. The highest BCUT2D eigenvalue weighted by molar-refractivity contribution is 5.83. The second-order valence-corrected chi connectivity index (χ2v) is 4.73. The largest absolute Gasteiger partial charge is 0.355 e. The summed E-state index contributed by atoms with van der Waals surface area (Å²) in [4.78, 5) is 23.8. The van der Waals surface area contributed by atoms with Gasteiger partial charge in [-0.1, -0.05) is 0 Å². The molecule has 1 atom stereocenters. The molecular formula is C12H23N3O2. The molecule has 17 heavy (non-hydrogen) atoms. The third-order valence-electron chi connectivity index (χ3n) is 3.19. The Bertz CT molecular complexity index is 262. The Labute approximate surface area is 103 Å². The maximum Gasteiger partial charge on any atom is 0.239 e. The quantitative estimate of drug-likeness (QED) is 0.710. The number of piperidine rings is 1. The van der Waals surface area contributed by atoms with Crippen molar-refractivity contribution in [3.8, 4) is 0 Å². The first kappa shape index (κ1) is 14.0. The van der Waals surface area contributed by atoms with Crippen LogP contribution in [-0.2, 0) is 9.59 Å². The maximum absolute atomic E-state index is 11.5. The molecule has 1 fully saturated rings. The molecule has 0 saturated carbocycles. The molecule has 5 nitrogen and oxygen atoms in total. The molecule has 0 aliphatic carbocycles. The Morgan fingerprint density at radius 2 is 2.24 bits per heavy atom. The van der Waals surface area contributed by atoms with E-state index >= 15 is 0 Å². The third kappa shape index (κ3) is 5.68. The summed E-state index contributed by atoms with van der Waals surface area (Å²) in [5, 5.41) is 6.21. The lowest BCUT2D eigenvalue weighted by Gasteiger charge is -2.22. The van der Waals surface area contributed by atoms with Gasteiger partial charge in [-0.05, 0) is 38.3 Å². The van der Waals surface area contributed by atoms with Gasteiger partial charge in [0.15, 0.2) is 0 Å². The second kappa shape index (κ2) is 7.27. The lowest BCUT2D eigenvalue weighted by Crippen LogP contribution is -2.39. The van der Waals surface area contributed by atoms with E-state index in [0.29, 0.717) is 12.5 Å². The van der Waals surface area contributed by atoms with Crippen molar-refractivity contribution in [3.05, 3.63) is 0 Å². The summed E-state index contributed by atoms with van der Waals surface area (Å²) in [6.45, 7) is 4.49. The number of nitrogens with one attached hydrogen (secondary N) is 2. The van der Waals surface area contributed by atoms with Gasteiger partial charge >= 0.3 is 0 Å². The van der Waals surface area contributed by atoms with Crippen LogP contribution in [0.15, 0.2) is 0 Å². The summed E-state index contributed by atoms with van der Waals surface area (Å²) in [7, 11) is 1.63. The van der Waals surface area contributed by atoms with Crippen LogP contribution in [0.2, 0.25) is 0 Å². The molecule has 2 N–H and O–H groups in total. The SMILES string of the molecule is CC(=O)N(C)CC(=O)NCCC1CCCNC1. The fourth-order valence-corrected chi connectivity index (χ4v) is 1.97. The van der Waals surface area contributed by atoms with E-state index in [4.69, 9.17) is 0 Å². The van der Waals surface area contributed by atoms with Gasteiger partial charge in [-0.25, -0.2) is 0 Å². The number of nitrogens with zero attached hydrogens (tertiary/aromatic N) is 1. The Kier molecular flexibility index (Phi) is 5.97. The number of hydrogen-bond acceptors (Lipinski definition) is 3. The van der Waals surface area contributed by atoms with Crippen LogP contribution in [0.4, 0.5) is 0 Å². The van der Waals surface area contributed by atoms with Crippen LogP contribution in [-0.4, -0.2) is 49.9 Å². The monoisotopic (exact) mass is 241 g/mol. The smallest absolute Gasteiger partial charge is 0.239 e. The van der Waals surface area contributed by atoms with Gasteiger partial charge in [0, 0.05) is 20.5 Å². The van der Waals surface area contributed by atoms with Crippen molar-refractivity contribution in [2.45, 2.75) is 26.2 Å². The lowest BCUT2D eigenvalue weighted by atomic mass is 9.96. The van der Waals surface area contributed by atoms with E-state index < -0.39 is 0 Å². The minimum atomic E-state index is -0.0865. The number of carbonyl (C=O) groups is 2. The highest BCUT2D eigenvalue weighted by atomic mass is 16.2. The predicted molar refractivity (Wildman–Crippen MR) is 66.5 cm³/mol. The molecule has 1 heterocycles. The van der Waals surface area contributed by atoms with Crippen molar-refractivity contribution in [1.29, 1.82) is 0 Å². The van der Waals surface area contributed by atoms with Crippen molar-refractivity contribution >= 4 is 11.8 Å². The summed E-state index contributed by atoms with van der Waals surface area (Å²) in [5.41, 5.74) is 0. The minimum Gasteiger partial charge on any atom is -0.355 e. The molecule has 0 aromatic carbocycles. The number of carbonyl (C=O) groups excluding carboxylic acids is 2. The molecule has 98 valence electrons. The molecule has 5 heteroatoms.